The molecule has 0 radical (unpaired) electrons. The molecule has 1 aromatic rings. The summed E-state index contributed by atoms with van der Waals surface area (Å²) in [4.78, 5) is 12.1. The minimum atomic E-state index is -0.0865. The predicted octanol–water partition coefficient (Wildman–Crippen LogP) is 2.22. The molecule has 0 aliphatic heterocycles. The molecule has 0 aliphatic carbocycles. The summed E-state index contributed by atoms with van der Waals surface area (Å²) in [7, 11) is 0. The van der Waals surface area contributed by atoms with Crippen LogP contribution < -0.4 is 11.1 Å². The minimum absolute atomic E-state index is 0.0865. The van der Waals surface area contributed by atoms with Crippen molar-refractivity contribution in [3.63, 3.8) is 0 Å². The first-order valence-electron chi connectivity index (χ1n) is 5.67. The van der Waals surface area contributed by atoms with Crippen molar-refractivity contribution in [2.75, 3.05) is 6.54 Å². The lowest BCUT2D eigenvalue weighted by atomic mass is 10.0. The Morgan fingerprint density at radius 2 is 1.94 bits per heavy atom. The molecule has 3 N–H and O–H groups in total. The number of nitrogens with two attached hydrogens (primary N) is 1. The minimum Gasteiger partial charge on any atom is -0.393 e. The van der Waals surface area contributed by atoms with E-state index in [2.05, 4.69) is 19.2 Å². The van der Waals surface area contributed by atoms with Crippen molar-refractivity contribution in [3.05, 3.63) is 35.4 Å². The number of carbonyl (C=O) groups is 1. The molecule has 17 heavy (non-hydrogen) atoms. The van der Waals surface area contributed by atoms with Crippen LogP contribution in [0.3, 0.4) is 0 Å². The van der Waals surface area contributed by atoms with E-state index in [0.717, 1.165) is 0 Å². The first-order valence-corrected chi connectivity index (χ1v) is 6.08. The zero-order valence-electron chi connectivity index (χ0n) is 10.2. The topological polar surface area (TPSA) is 55.1 Å². The SMILES string of the molecule is CC(C)c1ccc(C(=O)NCCC(N)=S)cc1. The van der Waals surface area contributed by atoms with Crippen molar-refractivity contribution >= 4 is 23.1 Å². The van der Waals surface area contributed by atoms with Crippen LogP contribution in [0.2, 0.25) is 0 Å². The Hall–Kier alpha value is -1.42. The Labute approximate surface area is 107 Å². The molecule has 0 spiro atoms. The van der Waals surface area contributed by atoms with E-state index in [1.807, 2.05) is 24.3 Å². The zero-order valence-corrected chi connectivity index (χ0v) is 11.0. The fraction of sp³-hybridized carbons (Fsp3) is 0.385. The second-order valence-electron chi connectivity index (χ2n) is 4.25. The second-order valence-corrected chi connectivity index (χ2v) is 4.77. The number of rotatable bonds is 5. The van der Waals surface area contributed by atoms with Crippen molar-refractivity contribution in [2.24, 2.45) is 5.73 Å². The van der Waals surface area contributed by atoms with Crippen molar-refractivity contribution in [1.82, 2.24) is 5.32 Å². The average Bonchev–Trinajstić information content (AvgIpc) is 2.28. The Bertz CT molecular complexity index is 398. The van der Waals surface area contributed by atoms with Gasteiger partial charge in [-0.05, 0) is 23.6 Å². The van der Waals surface area contributed by atoms with E-state index in [-0.39, 0.29) is 5.91 Å². The van der Waals surface area contributed by atoms with Crippen molar-refractivity contribution in [1.29, 1.82) is 0 Å². The molecule has 0 heterocycles. The van der Waals surface area contributed by atoms with Gasteiger partial charge in [-0.3, -0.25) is 4.79 Å². The summed E-state index contributed by atoms with van der Waals surface area (Å²) in [6.45, 7) is 4.73. The third-order valence-electron chi connectivity index (χ3n) is 2.50. The third-order valence-corrected chi connectivity index (χ3v) is 2.70. The van der Waals surface area contributed by atoms with Crippen LogP contribution in [0.1, 0.15) is 42.1 Å². The van der Waals surface area contributed by atoms with Gasteiger partial charge in [-0.2, -0.15) is 0 Å². The van der Waals surface area contributed by atoms with Crippen LogP contribution in [0.4, 0.5) is 0 Å². The number of carbonyl (C=O) groups excluding carboxylic acids is 1. The van der Waals surface area contributed by atoms with Gasteiger partial charge >= 0.3 is 0 Å². The van der Waals surface area contributed by atoms with Crippen LogP contribution in [0.25, 0.3) is 0 Å². The van der Waals surface area contributed by atoms with Crippen LogP contribution in [0.5, 0.6) is 0 Å². The molecule has 92 valence electrons. The lowest BCUT2D eigenvalue weighted by Gasteiger charge is -2.07. The molecule has 3 nitrogen and oxygen atoms in total. The number of nitrogens with one attached hydrogen (secondary N) is 1. The van der Waals surface area contributed by atoms with E-state index in [1.165, 1.54) is 5.56 Å². The van der Waals surface area contributed by atoms with Crippen LogP contribution >= 0.6 is 12.2 Å². The molecule has 1 rings (SSSR count). The fourth-order valence-electron chi connectivity index (χ4n) is 1.42. The largest absolute Gasteiger partial charge is 0.393 e. The maximum Gasteiger partial charge on any atom is 0.251 e. The van der Waals surface area contributed by atoms with Crippen molar-refractivity contribution in [2.45, 2.75) is 26.2 Å². The molecule has 4 heteroatoms. The van der Waals surface area contributed by atoms with Gasteiger partial charge in [0, 0.05) is 18.5 Å². The maximum absolute atomic E-state index is 11.7. The summed E-state index contributed by atoms with van der Waals surface area (Å²) in [5.41, 5.74) is 7.24. The van der Waals surface area contributed by atoms with E-state index in [1.54, 1.807) is 0 Å². The summed E-state index contributed by atoms with van der Waals surface area (Å²) in [5, 5.41) is 2.77. The molecule has 0 fully saturated rings. The predicted molar refractivity (Wildman–Crippen MR) is 74.3 cm³/mol. The fourth-order valence-corrected chi connectivity index (χ4v) is 1.52. The van der Waals surface area contributed by atoms with Gasteiger partial charge < -0.3 is 11.1 Å². The van der Waals surface area contributed by atoms with Gasteiger partial charge in [0.25, 0.3) is 5.91 Å². The van der Waals surface area contributed by atoms with E-state index in [4.69, 9.17) is 18.0 Å². The lowest BCUT2D eigenvalue weighted by molar-refractivity contribution is 0.0955. The number of hydrogen-bond donors (Lipinski definition) is 2. The van der Waals surface area contributed by atoms with Gasteiger partial charge in [-0.1, -0.05) is 38.2 Å². The Morgan fingerprint density at radius 1 is 1.35 bits per heavy atom. The summed E-state index contributed by atoms with van der Waals surface area (Å²) >= 11 is 4.74. The quantitative estimate of drug-likeness (QED) is 0.788. The number of amides is 1. The number of hydrogen-bond acceptors (Lipinski definition) is 2. The van der Waals surface area contributed by atoms with Gasteiger partial charge in [0.05, 0.1) is 4.99 Å². The standard InChI is InChI=1S/C13H18N2OS/c1-9(2)10-3-5-11(6-4-10)13(16)15-8-7-12(14)17/h3-6,9H,7-8H2,1-2H3,(H2,14,17)(H,15,16). The molecule has 0 aromatic heterocycles. The molecule has 0 unspecified atom stereocenters. The lowest BCUT2D eigenvalue weighted by Crippen LogP contribution is -2.27. The second kappa shape index (κ2) is 6.35. The van der Waals surface area contributed by atoms with E-state index in [0.29, 0.717) is 29.4 Å². The monoisotopic (exact) mass is 250 g/mol. The Balaban J connectivity index is 2.54. The molecular formula is C13H18N2OS. The zero-order chi connectivity index (χ0) is 12.8. The highest BCUT2D eigenvalue weighted by molar-refractivity contribution is 7.80. The highest BCUT2D eigenvalue weighted by atomic mass is 32.1. The highest BCUT2D eigenvalue weighted by Crippen LogP contribution is 2.14. The van der Waals surface area contributed by atoms with Crippen molar-refractivity contribution in [3.8, 4) is 0 Å². The van der Waals surface area contributed by atoms with E-state index in [9.17, 15) is 4.79 Å². The summed E-state index contributed by atoms with van der Waals surface area (Å²) in [5.74, 6) is 0.387. The summed E-state index contributed by atoms with van der Waals surface area (Å²) in [6, 6.07) is 7.64. The van der Waals surface area contributed by atoms with Gasteiger partial charge in [0.2, 0.25) is 0 Å². The van der Waals surface area contributed by atoms with Crippen molar-refractivity contribution < 1.29 is 4.79 Å². The highest BCUT2D eigenvalue weighted by Gasteiger charge is 2.05. The molecule has 1 amide bonds. The number of benzene rings is 1. The van der Waals surface area contributed by atoms with Crippen LogP contribution in [0.15, 0.2) is 24.3 Å². The average molecular weight is 250 g/mol. The van der Waals surface area contributed by atoms with E-state index >= 15 is 0 Å². The van der Waals surface area contributed by atoms with Gasteiger partial charge in [0.15, 0.2) is 0 Å². The van der Waals surface area contributed by atoms with Gasteiger partial charge in [-0.25, -0.2) is 0 Å². The van der Waals surface area contributed by atoms with Gasteiger partial charge in [-0.15, -0.1) is 0 Å². The molecular weight excluding hydrogens is 232 g/mol. The third kappa shape index (κ3) is 4.53. The summed E-state index contributed by atoms with van der Waals surface area (Å²) < 4.78 is 0. The Kier molecular flexibility index (Phi) is 5.10. The first-order chi connectivity index (χ1) is 8.00. The smallest absolute Gasteiger partial charge is 0.251 e. The molecule has 0 aliphatic rings. The van der Waals surface area contributed by atoms with Crippen LogP contribution in [-0.2, 0) is 0 Å². The molecule has 0 bridgehead atoms. The van der Waals surface area contributed by atoms with Gasteiger partial charge in [0.1, 0.15) is 0 Å². The normalized spacial score (nSPS) is 10.3. The molecule has 0 atom stereocenters. The Morgan fingerprint density at radius 3 is 2.41 bits per heavy atom. The first kappa shape index (κ1) is 13.6. The maximum atomic E-state index is 11.7. The molecule has 0 saturated carbocycles. The molecule has 1 aromatic carbocycles. The van der Waals surface area contributed by atoms with E-state index < -0.39 is 0 Å². The number of thiocarbonyl (C=S) groups is 1. The van der Waals surface area contributed by atoms with Crippen LogP contribution in [-0.4, -0.2) is 17.4 Å². The van der Waals surface area contributed by atoms with Crippen LogP contribution in [0, 0.1) is 0 Å². The summed E-state index contributed by atoms with van der Waals surface area (Å²) in [6.07, 6.45) is 0.533. The molecule has 0 saturated heterocycles.